The SMILES string of the molecule is COc1ccc(CCCNS(=O)(=O)c2ccc3c(c2)CCN3C(C)=O)cc1. The summed E-state index contributed by atoms with van der Waals surface area (Å²) in [5.74, 6) is 0.778. The van der Waals surface area contributed by atoms with E-state index in [1.807, 2.05) is 24.3 Å². The molecule has 0 atom stereocenters. The second-order valence-electron chi connectivity index (χ2n) is 6.56. The van der Waals surface area contributed by atoms with Crippen molar-refractivity contribution in [2.24, 2.45) is 0 Å². The number of nitrogens with zero attached hydrogens (tertiary/aromatic N) is 1. The van der Waals surface area contributed by atoms with Crippen LogP contribution in [0.25, 0.3) is 0 Å². The van der Waals surface area contributed by atoms with Crippen molar-refractivity contribution in [2.75, 3.05) is 25.1 Å². The molecule has 7 heteroatoms. The van der Waals surface area contributed by atoms with Gasteiger partial charge in [0.1, 0.15) is 5.75 Å². The number of methoxy groups -OCH3 is 1. The summed E-state index contributed by atoms with van der Waals surface area (Å²) in [6, 6.07) is 12.7. The first-order valence-electron chi connectivity index (χ1n) is 8.94. The zero-order valence-electron chi connectivity index (χ0n) is 15.6. The molecule has 0 saturated carbocycles. The number of carbonyl (C=O) groups excluding carboxylic acids is 1. The number of hydrogen-bond donors (Lipinski definition) is 1. The lowest BCUT2D eigenvalue weighted by Gasteiger charge is -2.15. The number of benzene rings is 2. The predicted octanol–water partition coefficient (Wildman–Crippen LogP) is 2.52. The molecule has 2 aromatic rings. The number of fused-ring (bicyclic) bond motifs is 1. The molecular weight excluding hydrogens is 364 g/mol. The molecule has 1 aliphatic rings. The highest BCUT2D eigenvalue weighted by Gasteiger charge is 2.24. The molecule has 1 N–H and O–H groups in total. The van der Waals surface area contributed by atoms with Crippen LogP contribution < -0.4 is 14.4 Å². The summed E-state index contributed by atoms with van der Waals surface area (Å²) in [4.78, 5) is 13.5. The Morgan fingerprint density at radius 1 is 1.19 bits per heavy atom. The predicted molar refractivity (Wildman–Crippen MR) is 105 cm³/mol. The lowest BCUT2D eigenvalue weighted by Crippen LogP contribution is -2.26. The fourth-order valence-electron chi connectivity index (χ4n) is 3.25. The third-order valence-corrected chi connectivity index (χ3v) is 6.19. The number of hydrogen-bond acceptors (Lipinski definition) is 4. The number of anilines is 1. The second kappa shape index (κ2) is 8.10. The van der Waals surface area contributed by atoms with Gasteiger partial charge in [0.25, 0.3) is 0 Å². The molecule has 0 spiro atoms. The van der Waals surface area contributed by atoms with Gasteiger partial charge in [-0.2, -0.15) is 0 Å². The Kier molecular flexibility index (Phi) is 5.82. The largest absolute Gasteiger partial charge is 0.497 e. The summed E-state index contributed by atoms with van der Waals surface area (Å²) in [5, 5.41) is 0. The number of carbonyl (C=O) groups is 1. The van der Waals surface area contributed by atoms with E-state index in [0.29, 0.717) is 25.9 Å². The normalized spacial score (nSPS) is 13.5. The summed E-state index contributed by atoms with van der Waals surface area (Å²) in [6.45, 7) is 2.48. The fourth-order valence-corrected chi connectivity index (χ4v) is 4.37. The molecule has 1 heterocycles. The van der Waals surface area contributed by atoms with Crippen LogP contribution in [0.3, 0.4) is 0 Å². The highest BCUT2D eigenvalue weighted by atomic mass is 32.2. The number of ether oxygens (including phenoxy) is 1. The van der Waals surface area contributed by atoms with Crippen molar-refractivity contribution in [3.8, 4) is 5.75 Å². The molecule has 144 valence electrons. The quantitative estimate of drug-likeness (QED) is 0.740. The maximum Gasteiger partial charge on any atom is 0.240 e. The zero-order valence-corrected chi connectivity index (χ0v) is 16.4. The lowest BCUT2D eigenvalue weighted by molar-refractivity contribution is -0.116. The smallest absolute Gasteiger partial charge is 0.240 e. The zero-order chi connectivity index (χ0) is 19.4. The standard InChI is InChI=1S/C20H24N2O4S/c1-15(23)22-13-11-17-14-19(9-10-20(17)22)27(24,25)21-12-3-4-16-5-7-18(26-2)8-6-16/h5-10,14,21H,3-4,11-13H2,1-2H3. The van der Waals surface area contributed by atoms with Crippen molar-refractivity contribution in [1.82, 2.24) is 4.72 Å². The summed E-state index contributed by atoms with van der Waals surface area (Å²) in [6.07, 6.45) is 2.16. The van der Waals surface area contributed by atoms with E-state index in [-0.39, 0.29) is 10.8 Å². The Morgan fingerprint density at radius 2 is 1.93 bits per heavy atom. The molecule has 1 aliphatic heterocycles. The van der Waals surface area contributed by atoms with E-state index in [9.17, 15) is 13.2 Å². The Bertz CT molecular complexity index is 923. The third kappa shape index (κ3) is 4.48. The van der Waals surface area contributed by atoms with Crippen LogP contribution in [-0.4, -0.2) is 34.5 Å². The molecular formula is C20H24N2O4S. The van der Waals surface area contributed by atoms with Gasteiger partial charge >= 0.3 is 0 Å². The van der Waals surface area contributed by atoms with Crippen LogP contribution in [0, 0.1) is 0 Å². The van der Waals surface area contributed by atoms with Gasteiger partial charge < -0.3 is 9.64 Å². The van der Waals surface area contributed by atoms with Crippen LogP contribution in [0.15, 0.2) is 47.4 Å². The van der Waals surface area contributed by atoms with Crippen LogP contribution in [0.4, 0.5) is 5.69 Å². The van der Waals surface area contributed by atoms with Gasteiger partial charge in [0.15, 0.2) is 0 Å². The van der Waals surface area contributed by atoms with Gasteiger partial charge in [0, 0.05) is 25.7 Å². The maximum atomic E-state index is 12.5. The van der Waals surface area contributed by atoms with Gasteiger partial charge in [-0.3, -0.25) is 4.79 Å². The average Bonchev–Trinajstić information content (AvgIpc) is 3.09. The van der Waals surface area contributed by atoms with Crippen LogP contribution in [0.2, 0.25) is 0 Å². The first-order chi connectivity index (χ1) is 12.9. The molecule has 3 rings (SSSR count). The Hall–Kier alpha value is -2.38. The minimum Gasteiger partial charge on any atom is -0.497 e. The van der Waals surface area contributed by atoms with Gasteiger partial charge in [-0.15, -0.1) is 0 Å². The van der Waals surface area contributed by atoms with Crippen LogP contribution in [-0.2, 0) is 27.7 Å². The van der Waals surface area contributed by atoms with Crippen molar-refractivity contribution in [2.45, 2.75) is 31.1 Å². The minimum atomic E-state index is -3.56. The van der Waals surface area contributed by atoms with E-state index in [1.165, 1.54) is 6.92 Å². The van der Waals surface area contributed by atoms with Crippen LogP contribution in [0.5, 0.6) is 5.75 Å². The molecule has 0 bridgehead atoms. The van der Waals surface area contributed by atoms with Gasteiger partial charge in [-0.25, -0.2) is 13.1 Å². The molecule has 6 nitrogen and oxygen atoms in total. The minimum absolute atomic E-state index is 0.0268. The number of aryl methyl sites for hydroxylation is 1. The number of amides is 1. The summed E-state index contributed by atoms with van der Waals surface area (Å²) in [5.41, 5.74) is 2.84. The lowest BCUT2D eigenvalue weighted by atomic mass is 10.1. The van der Waals surface area contributed by atoms with E-state index in [2.05, 4.69) is 4.72 Å². The number of nitrogens with one attached hydrogen (secondary N) is 1. The summed E-state index contributed by atoms with van der Waals surface area (Å²) >= 11 is 0. The Labute approximate surface area is 160 Å². The third-order valence-electron chi connectivity index (χ3n) is 4.73. The van der Waals surface area contributed by atoms with Crippen LogP contribution >= 0.6 is 0 Å². The van der Waals surface area contributed by atoms with Gasteiger partial charge in [0.05, 0.1) is 12.0 Å². The van der Waals surface area contributed by atoms with Gasteiger partial charge in [0.2, 0.25) is 15.9 Å². The summed E-state index contributed by atoms with van der Waals surface area (Å²) in [7, 11) is -1.93. The number of rotatable bonds is 7. The second-order valence-corrected chi connectivity index (χ2v) is 8.33. The Balaban J connectivity index is 1.58. The highest BCUT2D eigenvalue weighted by Crippen LogP contribution is 2.30. The fraction of sp³-hybridized carbons (Fsp3) is 0.350. The summed E-state index contributed by atoms with van der Waals surface area (Å²) < 4.78 is 32.9. The first-order valence-corrected chi connectivity index (χ1v) is 10.4. The average molecular weight is 388 g/mol. The molecule has 2 aromatic carbocycles. The Morgan fingerprint density at radius 3 is 2.59 bits per heavy atom. The van der Waals surface area contributed by atoms with Crippen molar-refractivity contribution in [3.63, 3.8) is 0 Å². The van der Waals surface area contributed by atoms with E-state index >= 15 is 0 Å². The van der Waals surface area contributed by atoms with E-state index in [1.54, 1.807) is 30.2 Å². The maximum absolute atomic E-state index is 12.5. The van der Waals surface area contributed by atoms with Gasteiger partial charge in [-0.1, -0.05) is 12.1 Å². The van der Waals surface area contributed by atoms with Crippen molar-refractivity contribution >= 4 is 21.6 Å². The molecule has 0 aliphatic carbocycles. The van der Waals surface area contributed by atoms with E-state index in [4.69, 9.17) is 4.74 Å². The molecule has 0 unspecified atom stereocenters. The van der Waals surface area contributed by atoms with Crippen molar-refractivity contribution in [3.05, 3.63) is 53.6 Å². The van der Waals surface area contributed by atoms with Crippen molar-refractivity contribution in [1.29, 1.82) is 0 Å². The first kappa shape index (κ1) is 19.4. The molecule has 1 amide bonds. The molecule has 0 radical (unpaired) electrons. The molecule has 27 heavy (non-hydrogen) atoms. The monoisotopic (exact) mass is 388 g/mol. The molecule has 0 fully saturated rings. The highest BCUT2D eigenvalue weighted by molar-refractivity contribution is 7.89. The van der Waals surface area contributed by atoms with E-state index < -0.39 is 10.0 Å². The van der Waals surface area contributed by atoms with Crippen molar-refractivity contribution < 1.29 is 17.9 Å². The topological polar surface area (TPSA) is 75.7 Å². The molecule has 0 saturated heterocycles. The van der Waals surface area contributed by atoms with E-state index in [0.717, 1.165) is 29.0 Å². The number of sulfonamides is 1. The van der Waals surface area contributed by atoms with Gasteiger partial charge in [-0.05, 0) is 60.7 Å². The molecule has 0 aromatic heterocycles. The van der Waals surface area contributed by atoms with Crippen LogP contribution in [0.1, 0.15) is 24.5 Å².